The zero-order chi connectivity index (χ0) is 18.8. The van der Waals surface area contributed by atoms with Crippen LogP contribution >= 0.6 is 0 Å². The van der Waals surface area contributed by atoms with Crippen molar-refractivity contribution in [3.8, 4) is 11.4 Å². The molecule has 2 aromatic heterocycles. The van der Waals surface area contributed by atoms with Gasteiger partial charge in [0.2, 0.25) is 0 Å². The first kappa shape index (κ1) is 16.6. The highest BCUT2D eigenvalue weighted by Crippen LogP contribution is 2.21. The van der Waals surface area contributed by atoms with E-state index < -0.39 is 5.82 Å². The monoisotopic (exact) mass is 362 g/mol. The fraction of sp³-hybridized carbons (Fsp3) is 0.0526. The Morgan fingerprint density at radius 2 is 1.78 bits per heavy atom. The molecule has 0 atom stereocenters. The first-order valence-corrected chi connectivity index (χ1v) is 8.20. The van der Waals surface area contributed by atoms with Gasteiger partial charge in [-0.05, 0) is 31.2 Å². The smallest absolute Gasteiger partial charge is 0.259 e. The average Bonchev–Trinajstić information content (AvgIpc) is 3.33. The van der Waals surface area contributed by atoms with Crippen LogP contribution < -0.4 is 5.32 Å². The Hall–Kier alpha value is -3.81. The van der Waals surface area contributed by atoms with E-state index in [9.17, 15) is 9.18 Å². The summed E-state index contributed by atoms with van der Waals surface area (Å²) in [4.78, 5) is 16.7. The maximum absolute atomic E-state index is 14.0. The molecule has 0 fully saturated rings. The van der Waals surface area contributed by atoms with Gasteiger partial charge in [-0.25, -0.2) is 18.7 Å². The summed E-state index contributed by atoms with van der Waals surface area (Å²) in [5.74, 6) is -0.755. The number of hydrogen-bond donors (Lipinski definition) is 1. The van der Waals surface area contributed by atoms with Crippen molar-refractivity contribution < 1.29 is 9.18 Å². The van der Waals surface area contributed by atoms with Crippen molar-refractivity contribution in [3.63, 3.8) is 0 Å². The van der Waals surface area contributed by atoms with E-state index in [4.69, 9.17) is 0 Å². The number of halogens is 1. The fourth-order valence-corrected chi connectivity index (χ4v) is 2.80. The van der Waals surface area contributed by atoms with Gasteiger partial charge in [-0.15, -0.1) is 0 Å². The number of anilines is 1. The van der Waals surface area contributed by atoms with E-state index in [1.54, 1.807) is 42.2 Å². The van der Waals surface area contributed by atoms with Crippen LogP contribution in [0.4, 0.5) is 10.1 Å². The second-order valence-electron chi connectivity index (χ2n) is 5.82. The number of nitrogens with one attached hydrogen (secondary N) is 1. The molecule has 2 aromatic carbocycles. The fourth-order valence-electron chi connectivity index (χ4n) is 2.80. The van der Waals surface area contributed by atoms with Gasteiger partial charge in [0.25, 0.3) is 5.91 Å². The van der Waals surface area contributed by atoms with E-state index in [1.165, 1.54) is 23.3 Å². The molecule has 0 saturated carbocycles. The molecule has 0 bridgehead atoms. The van der Waals surface area contributed by atoms with Gasteiger partial charge in [0.1, 0.15) is 24.2 Å². The Balaban J connectivity index is 1.65. The number of para-hydroxylation sites is 3. The summed E-state index contributed by atoms with van der Waals surface area (Å²) in [5.41, 5.74) is 2.44. The number of aromatic nitrogens is 5. The lowest BCUT2D eigenvalue weighted by Gasteiger charge is -2.11. The largest absolute Gasteiger partial charge is 0.320 e. The van der Waals surface area contributed by atoms with Crippen LogP contribution in [0.2, 0.25) is 0 Å². The molecule has 0 aliphatic rings. The molecule has 1 N–H and O–H groups in total. The predicted octanol–water partition coefficient (Wildman–Crippen LogP) is 3.15. The Morgan fingerprint density at radius 1 is 1.04 bits per heavy atom. The van der Waals surface area contributed by atoms with Crippen molar-refractivity contribution in [2.45, 2.75) is 6.92 Å². The van der Waals surface area contributed by atoms with Gasteiger partial charge in [-0.3, -0.25) is 4.79 Å². The normalized spacial score (nSPS) is 10.7. The zero-order valence-corrected chi connectivity index (χ0v) is 14.4. The first-order chi connectivity index (χ1) is 13.1. The summed E-state index contributed by atoms with van der Waals surface area (Å²) in [5, 5.41) is 11.1. The molecule has 134 valence electrons. The van der Waals surface area contributed by atoms with Gasteiger partial charge in [0.05, 0.1) is 28.8 Å². The first-order valence-electron chi connectivity index (χ1n) is 8.20. The highest BCUT2D eigenvalue weighted by atomic mass is 19.1. The molecule has 1 amide bonds. The molecule has 0 aliphatic carbocycles. The minimum absolute atomic E-state index is 0.289. The topological polar surface area (TPSA) is 77.6 Å². The number of hydrogen-bond acceptors (Lipinski definition) is 4. The van der Waals surface area contributed by atoms with Crippen LogP contribution in [-0.2, 0) is 0 Å². The van der Waals surface area contributed by atoms with Crippen molar-refractivity contribution in [1.29, 1.82) is 0 Å². The number of benzene rings is 2. The molecule has 8 heteroatoms. The van der Waals surface area contributed by atoms with E-state index >= 15 is 0 Å². The molecule has 0 radical (unpaired) electrons. The summed E-state index contributed by atoms with van der Waals surface area (Å²) < 4.78 is 17.0. The molecular formula is C19H15FN6O. The summed E-state index contributed by atoms with van der Waals surface area (Å²) >= 11 is 0. The van der Waals surface area contributed by atoms with Crippen LogP contribution in [0, 0.1) is 12.7 Å². The van der Waals surface area contributed by atoms with Crippen molar-refractivity contribution in [3.05, 3.63) is 84.5 Å². The van der Waals surface area contributed by atoms with Crippen molar-refractivity contribution in [2.75, 3.05) is 5.32 Å². The molecule has 0 aliphatic heterocycles. The maximum Gasteiger partial charge on any atom is 0.259 e. The van der Waals surface area contributed by atoms with Crippen LogP contribution in [-0.4, -0.2) is 30.5 Å². The average molecular weight is 362 g/mol. The number of carbonyl (C=O) groups excluding carboxylic acids is 1. The van der Waals surface area contributed by atoms with Crippen molar-refractivity contribution in [1.82, 2.24) is 24.5 Å². The number of rotatable bonds is 4. The SMILES string of the molecule is Cc1c(C(=O)Nc2ccccc2-n2cncn2)cnn1-c1ccccc1F. The lowest BCUT2D eigenvalue weighted by molar-refractivity contribution is 0.102. The van der Waals surface area contributed by atoms with Crippen LogP contribution in [0.25, 0.3) is 11.4 Å². The van der Waals surface area contributed by atoms with Gasteiger partial charge in [0.15, 0.2) is 0 Å². The second-order valence-corrected chi connectivity index (χ2v) is 5.82. The van der Waals surface area contributed by atoms with Gasteiger partial charge in [0, 0.05) is 0 Å². The molecular weight excluding hydrogens is 347 g/mol. The van der Waals surface area contributed by atoms with Crippen LogP contribution in [0.15, 0.2) is 67.4 Å². The minimum atomic E-state index is -0.410. The molecule has 2 heterocycles. The lowest BCUT2D eigenvalue weighted by Crippen LogP contribution is -2.15. The molecule has 4 rings (SSSR count). The summed E-state index contributed by atoms with van der Waals surface area (Å²) in [6, 6.07) is 13.5. The molecule has 0 spiro atoms. The maximum atomic E-state index is 14.0. The second kappa shape index (κ2) is 6.83. The van der Waals surface area contributed by atoms with Gasteiger partial charge < -0.3 is 5.32 Å². The van der Waals surface area contributed by atoms with Gasteiger partial charge in [-0.2, -0.15) is 10.2 Å². The van der Waals surface area contributed by atoms with E-state index in [0.717, 1.165) is 0 Å². The highest BCUT2D eigenvalue weighted by molar-refractivity contribution is 6.05. The van der Waals surface area contributed by atoms with E-state index in [-0.39, 0.29) is 11.6 Å². The Morgan fingerprint density at radius 3 is 2.52 bits per heavy atom. The Kier molecular flexibility index (Phi) is 4.21. The number of carbonyl (C=O) groups is 1. The third kappa shape index (κ3) is 3.08. The van der Waals surface area contributed by atoms with Crippen LogP contribution in [0.3, 0.4) is 0 Å². The summed E-state index contributed by atoms with van der Waals surface area (Å²) in [6.45, 7) is 1.72. The van der Waals surface area contributed by atoms with Gasteiger partial charge >= 0.3 is 0 Å². The van der Waals surface area contributed by atoms with Crippen molar-refractivity contribution in [2.24, 2.45) is 0 Å². The third-order valence-electron chi connectivity index (χ3n) is 4.15. The molecule has 0 unspecified atom stereocenters. The van der Waals surface area contributed by atoms with Crippen LogP contribution in [0.1, 0.15) is 16.1 Å². The standard InChI is InChI=1S/C19H15FN6O/c1-13-14(10-22-26(13)17-8-4-2-6-15(17)20)19(27)24-16-7-3-5-9-18(16)25-12-21-11-23-25/h2-12H,1H3,(H,24,27). The van der Waals surface area contributed by atoms with E-state index in [1.807, 2.05) is 18.2 Å². The number of amides is 1. The quantitative estimate of drug-likeness (QED) is 0.605. The molecule has 0 saturated heterocycles. The molecule has 27 heavy (non-hydrogen) atoms. The predicted molar refractivity (Wildman–Crippen MR) is 97.6 cm³/mol. The third-order valence-corrected chi connectivity index (χ3v) is 4.15. The highest BCUT2D eigenvalue weighted by Gasteiger charge is 2.18. The molecule has 4 aromatic rings. The Labute approximate surface area is 154 Å². The lowest BCUT2D eigenvalue weighted by atomic mass is 10.2. The summed E-state index contributed by atoms with van der Waals surface area (Å²) in [6.07, 6.45) is 4.39. The number of nitrogens with zero attached hydrogens (tertiary/aromatic N) is 5. The van der Waals surface area contributed by atoms with E-state index in [0.29, 0.717) is 22.6 Å². The minimum Gasteiger partial charge on any atom is -0.320 e. The van der Waals surface area contributed by atoms with Gasteiger partial charge in [-0.1, -0.05) is 24.3 Å². The Bertz CT molecular complexity index is 1100. The summed E-state index contributed by atoms with van der Waals surface area (Å²) in [7, 11) is 0. The molecule has 7 nitrogen and oxygen atoms in total. The van der Waals surface area contributed by atoms with Crippen molar-refractivity contribution >= 4 is 11.6 Å². The van der Waals surface area contributed by atoms with Crippen LogP contribution in [0.5, 0.6) is 0 Å². The van der Waals surface area contributed by atoms with E-state index in [2.05, 4.69) is 20.5 Å². The zero-order valence-electron chi connectivity index (χ0n) is 14.4.